The minimum absolute atomic E-state index is 0.0320. The Bertz CT molecular complexity index is 609. The summed E-state index contributed by atoms with van der Waals surface area (Å²) < 4.78 is 29.9. The van der Waals surface area contributed by atoms with Crippen LogP contribution in [0.1, 0.15) is 51.0 Å². The highest BCUT2D eigenvalue weighted by atomic mass is 32.2. The van der Waals surface area contributed by atoms with E-state index >= 15 is 0 Å². The van der Waals surface area contributed by atoms with Gasteiger partial charge in [0.25, 0.3) is 10.2 Å². The Morgan fingerprint density at radius 2 is 1.87 bits per heavy atom. The Hall–Kier alpha value is -0.910. The first-order chi connectivity index (χ1) is 11.0. The van der Waals surface area contributed by atoms with Crippen LogP contribution in [0.4, 0.5) is 0 Å². The lowest BCUT2D eigenvalue weighted by Gasteiger charge is -2.33. The van der Waals surface area contributed by atoms with Gasteiger partial charge in [-0.15, -0.1) is 0 Å². The van der Waals surface area contributed by atoms with Crippen LogP contribution in [-0.2, 0) is 15.6 Å². The first kappa shape index (κ1) is 16.9. The molecule has 0 bridgehead atoms. The van der Waals surface area contributed by atoms with E-state index in [1.54, 1.807) is 4.31 Å². The predicted molar refractivity (Wildman–Crippen MR) is 93.5 cm³/mol. The Labute approximate surface area is 140 Å². The molecule has 5 heteroatoms. The Balaban J connectivity index is 1.72. The van der Waals surface area contributed by atoms with Gasteiger partial charge in [-0.05, 0) is 37.2 Å². The van der Waals surface area contributed by atoms with Crippen LogP contribution >= 0.6 is 0 Å². The fourth-order valence-electron chi connectivity index (χ4n) is 4.10. The molecule has 4 nitrogen and oxygen atoms in total. The number of piperidine rings is 1. The smallest absolute Gasteiger partial charge is 0.201 e. The maximum absolute atomic E-state index is 12.7. The van der Waals surface area contributed by atoms with Crippen molar-refractivity contribution in [1.29, 1.82) is 0 Å². The van der Waals surface area contributed by atoms with Gasteiger partial charge in [0, 0.05) is 25.0 Å². The number of rotatable bonds is 5. The van der Waals surface area contributed by atoms with Crippen LogP contribution in [0.5, 0.6) is 0 Å². The van der Waals surface area contributed by atoms with E-state index in [9.17, 15) is 8.42 Å². The molecule has 1 N–H and O–H groups in total. The summed E-state index contributed by atoms with van der Waals surface area (Å²) in [6.45, 7) is 3.94. The van der Waals surface area contributed by atoms with Crippen LogP contribution in [-0.4, -0.2) is 32.4 Å². The molecular formula is C18H28N2O2S. The summed E-state index contributed by atoms with van der Waals surface area (Å²) in [7, 11) is -3.37. The molecule has 1 atom stereocenters. The zero-order valence-corrected chi connectivity index (χ0v) is 14.8. The molecule has 1 unspecified atom stereocenters. The van der Waals surface area contributed by atoms with Crippen LogP contribution < -0.4 is 4.72 Å². The average Bonchev–Trinajstić information content (AvgIpc) is 3.04. The fourth-order valence-corrected chi connectivity index (χ4v) is 5.56. The molecule has 1 saturated carbocycles. The van der Waals surface area contributed by atoms with E-state index < -0.39 is 10.2 Å². The molecule has 128 valence electrons. The molecule has 1 saturated heterocycles. The molecule has 3 rings (SSSR count). The van der Waals surface area contributed by atoms with Crippen LogP contribution in [0.15, 0.2) is 30.3 Å². The number of benzene rings is 1. The lowest BCUT2D eigenvalue weighted by atomic mass is 9.79. The average molecular weight is 337 g/mol. The van der Waals surface area contributed by atoms with Crippen LogP contribution in [0.3, 0.4) is 0 Å². The number of hydrogen-bond donors (Lipinski definition) is 1. The van der Waals surface area contributed by atoms with Crippen molar-refractivity contribution in [3.8, 4) is 0 Å². The summed E-state index contributed by atoms with van der Waals surface area (Å²) >= 11 is 0. The predicted octanol–water partition coefficient (Wildman–Crippen LogP) is 3.06. The summed E-state index contributed by atoms with van der Waals surface area (Å²) in [6.07, 6.45) is 6.58. The molecule has 1 aromatic rings. The highest BCUT2D eigenvalue weighted by Crippen LogP contribution is 2.40. The second kappa shape index (κ2) is 6.91. The molecule has 0 radical (unpaired) electrons. The second-order valence-corrected chi connectivity index (χ2v) is 9.04. The van der Waals surface area contributed by atoms with E-state index in [-0.39, 0.29) is 5.41 Å². The summed E-state index contributed by atoms with van der Waals surface area (Å²) in [5.74, 6) is 0.454. The van der Waals surface area contributed by atoms with Gasteiger partial charge in [-0.3, -0.25) is 0 Å². The van der Waals surface area contributed by atoms with E-state index in [1.807, 2.05) is 6.07 Å². The van der Waals surface area contributed by atoms with E-state index in [1.165, 1.54) is 18.4 Å². The highest BCUT2D eigenvalue weighted by Gasteiger charge is 2.37. The molecule has 1 aromatic carbocycles. The maximum atomic E-state index is 12.7. The van der Waals surface area contributed by atoms with E-state index in [0.717, 1.165) is 25.7 Å². The van der Waals surface area contributed by atoms with E-state index in [0.29, 0.717) is 25.6 Å². The van der Waals surface area contributed by atoms with Crippen molar-refractivity contribution < 1.29 is 8.42 Å². The third kappa shape index (κ3) is 3.78. The largest absolute Gasteiger partial charge is 0.279 e. The molecular weight excluding hydrogens is 308 g/mol. The van der Waals surface area contributed by atoms with Crippen molar-refractivity contribution in [3.63, 3.8) is 0 Å². The van der Waals surface area contributed by atoms with Crippen molar-refractivity contribution in [3.05, 3.63) is 35.9 Å². The van der Waals surface area contributed by atoms with Gasteiger partial charge in [0.1, 0.15) is 0 Å². The van der Waals surface area contributed by atoms with Gasteiger partial charge in [-0.25, -0.2) is 4.72 Å². The highest BCUT2D eigenvalue weighted by molar-refractivity contribution is 7.87. The quantitative estimate of drug-likeness (QED) is 0.898. The molecule has 1 aliphatic carbocycles. The van der Waals surface area contributed by atoms with Gasteiger partial charge < -0.3 is 0 Å². The Kier molecular flexibility index (Phi) is 5.09. The lowest BCUT2D eigenvalue weighted by molar-refractivity contribution is 0.276. The Morgan fingerprint density at radius 1 is 1.17 bits per heavy atom. The molecule has 1 heterocycles. The van der Waals surface area contributed by atoms with Crippen LogP contribution in [0.2, 0.25) is 0 Å². The van der Waals surface area contributed by atoms with Gasteiger partial charge in [0.15, 0.2) is 0 Å². The topological polar surface area (TPSA) is 49.4 Å². The van der Waals surface area contributed by atoms with Crippen molar-refractivity contribution in [1.82, 2.24) is 9.03 Å². The van der Waals surface area contributed by atoms with Crippen LogP contribution in [0, 0.1) is 5.92 Å². The Morgan fingerprint density at radius 3 is 2.52 bits per heavy atom. The van der Waals surface area contributed by atoms with Gasteiger partial charge in [0.05, 0.1) is 0 Å². The van der Waals surface area contributed by atoms with Gasteiger partial charge in [-0.1, -0.05) is 50.1 Å². The lowest BCUT2D eigenvalue weighted by Crippen LogP contribution is -2.49. The third-order valence-corrected chi connectivity index (χ3v) is 7.02. The van der Waals surface area contributed by atoms with Crippen LogP contribution in [0.25, 0.3) is 0 Å². The SMILES string of the molecule is CC1CCCN(S(=O)(=O)NCC2(c3ccccc3)CCCC2)C1. The van der Waals surface area contributed by atoms with Crippen molar-refractivity contribution in [2.45, 2.75) is 50.9 Å². The monoisotopic (exact) mass is 336 g/mol. The minimum Gasteiger partial charge on any atom is -0.201 e. The molecule has 0 spiro atoms. The standard InChI is InChI=1S/C18H28N2O2S/c1-16-8-7-13-20(14-16)23(21,22)19-15-18(11-5-6-12-18)17-9-3-2-4-10-17/h2-4,9-10,16,19H,5-8,11-15H2,1H3. The molecule has 1 aliphatic heterocycles. The number of nitrogens with one attached hydrogen (secondary N) is 1. The first-order valence-corrected chi connectivity index (χ1v) is 10.3. The van der Waals surface area contributed by atoms with Crippen molar-refractivity contribution in [2.75, 3.05) is 19.6 Å². The zero-order chi connectivity index (χ0) is 16.3. The number of nitrogens with zero attached hydrogens (tertiary/aromatic N) is 1. The van der Waals surface area contributed by atoms with Gasteiger partial charge >= 0.3 is 0 Å². The molecule has 2 fully saturated rings. The summed E-state index contributed by atoms with van der Waals surface area (Å²) in [5, 5.41) is 0. The molecule has 23 heavy (non-hydrogen) atoms. The van der Waals surface area contributed by atoms with E-state index in [2.05, 4.69) is 35.9 Å². The fraction of sp³-hybridized carbons (Fsp3) is 0.667. The van der Waals surface area contributed by atoms with Crippen molar-refractivity contribution >= 4 is 10.2 Å². The minimum atomic E-state index is -3.37. The molecule has 2 aliphatic rings. The molecule has 0 aromatic heterocycles. The zero-order valence-electron chi connectivity index (χ0n) is 14.0. The van der Waals surface area contributed by atoms with Gasteiger partial charge in [0.2, 0.25) is 0 Å². The first-order valence-electron chi connectivity index (χ1n) is 8.82. The summed E-state index contributed by atoms with van der Waals surface area (Å²) in [5.41, 5.74) is 1.24. The van der Waals surface area contributed by atoms with Crippen molar-refractivity contribution in [2.24, 2.45) is 5.92 Å². The second-order valence-electron chi connectivity index (χ2n) is 7.29. The van der Waals surface area contributed by atoms with Gasteiger partial charge in [-0.2, -0.15) is 12.7 Å². The summed E-state index contributed by atoms with van der Waals surface area (Å²) in [4.78, 5) is 0. The van der Waals surface area contributed by atoms with E-state index in [4.69, 9.17) is 0 Å². The maximum Gasteiger partial charge on any atom is 0.279 e. The summed E-state index contributed by atoms with van der Waals surface area (Å²) in [6, 6.07) is 10.4. The number of hydrogen-bond acceptors (Lipinski definition) is 2. The third-order valence-electron chi connectivity index (χ3n) is 5.50. The normalized spacial score (nSPS) is 25.5. The molecule has 0 amide bonds.